The number of aryl methyl sites for hydroxylation is 2. The van der Waals surface area contributed by atoms with Crippen LogP contribution >= 0.6 is 0 Å². The minimum atomic E-state index is 0.114. The van der Waals surface area contributed by atoms with E-state index in [1.807, 2.05) is 12.1 Å². The van der Waals surface area contributed by atoms with Crippen molar-refractivity contribution < 1.29 is 4.74 Å². The second-order valence-electron chi connectivity index (χ2n) is 5.82. The van der Waals surface area contributed by atoms with E-state index in [-0.39, 0.29) is 6.04 Å². The van der Waals surface area contributed by atoms with E-state index in [0.29, 0.717) is 0 Å². The highest BCUT2D eigenvalue weighted by Gasteiger charge is 2.10. The molecule has 2 nitrogen and oxygen atoms in total. The highest BCUT2D eigenvalue weighted by Crippen LogP contribution is 2.29. The quantitative estimate of drug-likeness (QED) is 0.876. The number of rotatable bonds is 4. The van der Waals surface area contributed by atoms with E-state index in [1.54, 1.807) is 0 Å². The molecule has 0 bridgehead atoms. The number of ether oxygens (including phenoxy) is 1. The maximum Gasteiger partial charge on any atom is 0.127 e. The highest BCUT2D eigenvalue weighted by atomic mass is 16.5. The lowest BCUT2D eigenvalue weighted by molar-refractivity contribution is 0.480. The fourth-order valence-corrected chi connectivity index (χ4v) is 2.93. The summed E-state index contributed by atoms with van der Waals surface area (Å²) in [5.74, 6) is 1.81. The van der Waals surface area contributed by atoms with Crippen molar-refractivity contribution in [3.8, 4) is 11.5 Å². The third-order valence-corrected chi connectivity index (χ3v) is 4.30. The van der Waals surface area contributed by atoms with Gasteiger partial charge in [0.05, 0.1) is 0 Å². The zero-order valence-corrected chi connectivity index (χ0v) is 12.6. The molecule has 0 saturated heterocycles. The second-order valence-corrected chi connectivity index (χ2v) is 5.82. The predicted molar refractivity (Wildman–Crippen MR) is 86.8 cm³/mol. The Morgan fingerprint density at radius 1 is 0.952 bits per heavy atom. The number of fused-ring (bicyclic) bond motifs is 1. The first-order chi connectivity index (χ1) is 10.3. The van der Waals surface area contributed by atoms with Gasteiger partial charge in [0.2, 0.25) is 0 Å². The Bertz CT molecular complexity index is 603. The van der Waals surface area contributed by atoms with Crippen LogP contribution in [0.4, 0.5) is 0 Å². The van der Waals surface area contributed by atoms with Gasteiger partial charge in [-0.1, -0.05) is 25.1 Å². The minimum Gasteiger partial charge on any atom is -0.457 e. The molecule has 1 aliphatic carbocycles. The van der Waals surface area contributed by atoms with Crippen molar-refractivity contribution >= 4 is 0 Å². The molecule has 2 heteroatoms. The summed E-state index contributed by atoms with van der Waals surface area (Å²) in [7, 11) is 0. The molecule has 0 amide bonds. The SMILES string of the molecule is CCC(N)c1ccc(Oc2ccc3c(c2)CCCC3)cc1. The monoisotopic (exact) mass is 281 g/mol. The third-order valence-electron chi connectivity index (χ3n) is 4.30. The van der Waals surface area contributed by atoms with Crippen molar-refractivity contribution in [1.82, 2.24) is 0 Å². The summed E-state index contributed by atoms with van der Waals surface area (Å²) in [4.78, 5) is 0. The molecule has 2 N–H and O–H groups in total. The van der Waals surface area contributed by atoms with Gasteiger partial charge in [-0.05, 0) is 73.1 Å². The van der Waals surface area contributed by atoms with Crippen LogP contribution in [-0.4, -0.2) is 0 Å². The summed E-state index contributed by atoms with van der Waals surface area (Å²) in [6.45, 7) is 2.10. The molecule has 3 rings (SSSR count). The molecule has 1 unspecified atom stereocenters. The summed E-state index contributed by atoms with van der Waals surface area (Å²) < 4.78 is 5.97. The summed E-state index contributed by atoms with van der Waals surface area (Å²) in [6.07, 6.45) is 5.94. The maximum absolute atomic E-state index is 6.03. The van der Waals surface area contributed by atoms with Crippen molar-refractivity contribution in [2.75, 3.05) is 0 Å². The summed E-state index contributed by atoms with van der Waals surface area (Å²) in [5.41, 5.74) is 10.1. The zero-order valence-electron chi connectivity index (χ0n) is 12.6. The van der Waals surface area contributed by atoms with Crippen molar-refractivity contribution in [3.63, 3.8) is 0 Å². The van der Waals surface area contributed by atoms with Crippen LogP contribution in [0, 0.1) is 0 Å². The number of hydrogen-bond acceptors (Lipinski definition) is 2. The first-order valence-electron chi connectivity index (χ1n) is 7.91. The molecular formula is C19H23NO. The van der Waals surface area contributed by atoms with Crippen LogP contribution in [0.3, 0.4) is 0 Å². The molecule has 0 spiro atoms. The molecule has 0 saturated carbocycles. The fraction of sp³-hybridized carbons (Fsp3) is 0.368. The Kier molecular flexibility index (Phi) is 4.26. The van der Waals surface area contributed by atoms with Crippen LogP contribution in [0.2, 0.25) is 0 Å². The molecule has 0 radical (unpaired) electrons. The van der Waals surface area contributed by atoms with E-state index < -0.39 is 0 Å². The van der Waals surface area contributed by atoms with E-state index in [2.05, 4.69) is 37.3 Å². The van der Waals surface area contributed by atoms with Gasteiger partial charge in [0.15, 0.2) is 0 Å². The Labute approximate surface area is 126 Å². The molecule has 0 aliphatic heterocycles. The average molecular weight is 281 g/mol. The molecule has 0 aromatic heterocycles. The van der Waals surface area contributed by atoms with E-state index >= 15 is 0 Å². The van der Waals surface area contributed by atoms with Gasteiger partial charge in [0.1, 0.15) is 11.5 Å². The number of benzene rings is 2. The van der Waals surface area contributed by atoms with Crippen molar-refractivity contribution in [2.24, 2.45) is 5.73 Å². The van der Waals surface area contributed by atoms with Crippen LogP contribution in [0.15, 0.2) is 42.5 Å². The number of nitrogens with two attached hydrogens (primary N) is 1. The summed E-state index contributed by atoms with van der Waals surface area (Å²) >= 11 is 0. The molecule has 21 heavy (non-hydrogen) atoms. The van der Waals surface area contributed by atoms with E-state index in [9.17, 15) is 0 Å². The van der Waals surface area contributed by atoms with Gasteiger partial charge in [-0.25, -0.2) is 0 Å². The topological polar surface area (TPSA) is 35.2 Å². The molecule has 110 valence electrons. The third kappa shape index (κ3) is 3.27. The lowest BCUT2D eigenvalue weighted by Gasteiger charge is -2.17. The van der Waals surface area contributed by atoms with Gasteiger partial charge >= 0.3 is 0 Å². The van der Waals surface area contributed by atoms with E-state index in [4.69, 9.17) is 10.5 Å². The zero-order chi connectivity index (χ0) is 14.7. The summed E-state index contributed by atoms with van der Waals surface area (Å²) in [5, 5.41) is 0. The molecular weight excluding hydrogens is 258 g/mol. The predicted octanol–water partition coefficient (Wildman–Crippen LogP) is 4.77. The normalized spacial score (nSPS) is 15.3. The molecule has 0 heterocycles. The second kappa shape index (κ2) is 6.31. The van der Waals surface area contributed by atoms with Crippen molar-refractivity contribution in [3.05, 3.63) is 59.2 Å². The molecule has 1 aliphatic rings. The van der Waals surface area contributed by atoms with Crippen LogP contribution in [0.25, 0.3) is 0 Å². The number of hydrogen-bond donors (Lipinski definition) is 1. The van der Waals surface area contributed by atoms with Crippen molar-refractivity contribution in [1.29, 1.82) is 0 Å². The van der Waals surface area contributed by atoms with Gasteiger partial charge in [-0.2, -0.15) is 0 Å². The standard InChI is InChI=1S/C19H23NO/c1-2-19(20)15-8-10-17(11-9-15)21-18-12-7-14-5-3-4-6-16(14)13-18/h7-13,19H,2-6,20H2,1H3. The Balaban J connectivity index is 1.74. The Hall–Kier alpha value is -1.80. The minimum absolute atomic E-state index is 0.114. The summed E-state index contributed by atoms with van der Waals surface area (Å²) in [6, 6.07) is 14.7. The first kappa shape index (κ1) is 14.2. The van der Waals surface area contributed by atoms with E-state index in [1.165, 1.54) is 36.8 Å². The van der Waals surface area contributed by atoms with Crippen LogP contribution in [0.1, 0.15) is 48.9 Å². The lowest BCUT2D eigenvalue weighted by atomic mass is 9.92. The van der Waals surface area contributed by atoms with Gasteiger partial charge in [-0.15, -0.1) is 0 Å². The lowest BCUT2D eigenvalue weighted by Crippen LogP contribution is -2.08. The Morgan fingerprint density at radius 2 is 1.62 bits per heavy atom. The first-order valence-corrected chi connectivity index (χ1v) is 7.91. The van der Waals surface area contributed by atoms with Crippen LogP contribution in [-0.2, 0) is 12.8 Å². The smallest absolute Gasteiger partial charge is 0.127 e. The largest absolute Gasteiger partial charge is 0.457 e. The van der Waals surface area contributed by atoms with Gasteiger partial charge in [0.25, 0.3) is 0 Å². The van der Waals surface area contributed by atoms with Crippen LogP contribution < -0.4 is 10.5 Å². The average Bonchev–Trinajstić information content (AvgIpc) is 2.55. The Morgan fingerprint density at radius 3 is 2.33 bits per heavy atom. The molecule has 1 atom stereocenters. The fourth-order valence-electron chi connectivity index (χ4n) is 2.93. The van der Waals surface area contributed by atoms with Gasteiger partial charge in [0, 0.05) is 6.04 Å². The van der Waals surface area contributed by atoms with Crippen molar-refractivity contribution in [2.45, 2.75) is 45.1 Å². The van der Waals surface area contributed by atoms with E-state index in [0.717, 1.165) is 23.5 Å². The molecule has 2 aromatic carbocycles. The highest BCUT2D eigenvalue weighted by molar-refractivity contribution is 5.40. The molecule has 2 aromatic rings. The maximum atomic E-state index is 6.03. The van der Waals surface area contributed by atoms with Crippen LogP contribution in [0.5, 0.6) is 11.5 Å². The van der Waals surface area contributed by atoms with Gasteiger partial charge in [-0.3, -0.25) is 0 Å². The van der Waals surface area contributed by atoms with Gasteiger partial charge < -0.3 is 10.5 Å². The molecule has 0 fully saturated rings.